The van der Waals surface area contributed by atoms with Crippen molar-refractivity contribution >= 4 is 11.8 Å². The molecule has 0 saturated carbocycles. The van der Waals surface area contributed by atoms with Crippen LogP contribution in [0.1, 0.15) is 40.4 Å². The van der Waals surface area contributed by atoms with Crippen LogP contribution < -0.4 is 0 Å². The van der Waals surface area contributed by atoms with Crippen LogP contribution in [-0.2, 0) is 6.54 Å². The number of hydrogen-bond donors (Lipinski definition) is 1. The molecule has 0 bridgehead atoms. The Morgan fingerprint density at radius 2 is 2.07 bits per heavy atom. The van der Waals surface area contributed by atoms with Gasteiger partial charge < -0.3 is 9.67 Å². The maximum absolute atomic E-state index is 11.2. The van der Waals surface area contributed by atoms with E-state index in [0.29, 0.717) is 17.9 Å². The molecule has 1 heterocycles. The predicted molar refractivity (Wildman–Crippen MR) is 51.8 cm³/mol. The largest absolute Gasteiger partial charge is 0.478 e. The van der Waals surface area contributed by atoms with Crippen molar-refractivity contribution in [3.63, 3.8) is 0 Å². The second-order valence-electron chi connectivity index (χ2n) is 3.13. The van der Waals surface area contributed by atoms with Crippen molar-refractivity contribution in [3.8, 4) is 0 Å². The molecule has 0 saturated heterocycles. The third-order valence-corrected chi connectivity index (χ3v) is 2.27. The molecular formula is C10H13NO3. The van der Waals surface area contributed by atoms with E-state index in [0.717, 1.165) is 0 Å². The van der Waals surface area contributed by atoms with Gasteiger partial charge in [0, 0.05) is 19.2 Å². The molecule has 1 aromatic heterocycles. The summed E-state index contributed by atoms with van der Waals surface area (Å²) in [7, 11) is 0. The van der Waals surface area contributed by atoms with E-state index in [2.05, 4.69) is 0 Å². The topological polar surface area (TPSA) is 59.3 Å². The van der Waals surface area contributed by atoms with Crippen molar-refractivity contribution in [2.24, 2.45) is 0 Å². The molecule has 1 N–H and O–H groups in total. The van der Waals surface area contributed by atoms with Crippen molar-refractivity contribution in [2.75, 3.05) is 0 Å². The Kier molecular flexibility index (Phi) is 2.74. The van der Waals surface area contributed by atoms with E-state index in [1.807, 2.05) is 6.92 Å². The van der Waals surface area contributed by atoms with Crippen molar-refractivity contribution in [2.45, 2.75) is 27.3 Å². The number of rotatable bonds is 3. The Labute approximate surface area is 82.2 Å². The Bertz CT molecular complexity index is 390. The number of aromatic nitrogens is 1. The molecular weight excluding hydrogens is 182 g/mol. The van der Waals surface area contributed by atoms with E-state index in [1.165, 1.54) is 13.0 Å². The lowest BCUT2D eigenvalue weighted by Crippen LogP contribution is -2.06. The minimum absolute atomic E-state index is 0.109. The number of Topliss-reactive ketones (excluding diaryl/α,β-unsaturated/α-hetero) is 1. The van der Waals surface area contributed by atoms with Gasteiger partial charge in [0.25, 0.3) is 0 Å². The minimum Gasteiger partial charge on any atom is -0.478 e. The highest BCUT2D eigenvalue weighted by Gasteiger charge is 2.17. The predicted octanol–water partition coefficient (Wildman–Crippen LogP) is 1.72. The zero-order valence-corrected chi connectivity index (χ0v) is 8.50. The maximum atomic E-state index is 11.2. The summed E-state index contributed by atoms with van der Waals surface area (Å²) in [5.74, 6) is -1.10. The molecule has 0 radical (unpaired) electrons. The van der Waals surface area contributed by atoms with E-state index in [4.69, 9.17) is 5.11 Å². The molecule has 0 aliphatic rings. The van der Waals surface area contributed by atoms with Crippen LogP contribution >= 0.6 is 0 Å². The quantitative estimate of drug-likeness (QED) is 0.747. The van der Waals surface area contributed by atoms with Gasteiger partial charge in [-0.05, 0) is 19.9 Å². The lowest BCUT2D eigenvalue weighted by molar-refractivity contribution is 0.0696. The number of nitrogens with zero attached hydrogens (tertiary/aromatic N) is 1. The molecule has 0 aromatic carbocycles. The molecule has 1 aromatic rings. The summed E-state index contributed by atoms with van der Waals surface area (Å²) in [6.07, 6.45) is 0. The molecule has 0 spiro atoms. The highest BCUT2D eigenvalue weighted by atomic mass is 16.4. The number of carbonyl (C=O) groups excluding carboxylic acids is 1. The monoisotopic (exact) mass is 195 g/mol. The van der Waals surface area contributed by atoms with Gasteiger partial charge in [0.1, 0.15) is 0 Å². The summed E-state index contributed by atoms with van der Waals surface area (Å²) >= 11 is 0. The summed E-state index contributed by atoms with van der Waals surface area (Å²) in [6.45, 7) is 5.63. The van der Waals surface area contributed by atoms with Crippen LogP contribution in [0, 0.1) is 6.92 Å². The highest BCUT2D eigenvalue weighted by molar-refractivity contribution is 5.97. The standard InChI is InChI=1S/C10H13NO3/c1-4-11-6(2)8(10(13)14)5-9(11)7(3)12/h5H,4H2,1-3H3,(H,13,14). The van der Waals surface area contributed by atoms with E-state index >= 15 is 0 Å². The number of hydrogen-bond acceptors (Lipinski definition) is 2. The summed E-state index contributed by atoms with van der Waals surface area (Å²) in [6, 6.07) is 1.43. The number of aromatic carboxylic acids is 1. The first-order chi connectivity index (χ1) is 6.49. The first-order valence-corrected chi connectivity index (χ1v) is 4.43. The van der Waals surface area contributed by atoms with Gasteiger partial charge >= 0.3 is 5.97 Å². The fourth-order valence-electron chi connectivity index (χ4n) is 1.56. The third kappa shape index (κ3) is 1.55. The molecule has 14 heavy (non-hydrogen) atoms. The second-order valence-corrected chi connectivity index (χ2v) is 3.13. The summed E-state index contributed by atoms with van der Waals surface area (Å²) in [5, 5.41) is 8.86. The van der Waals surface area contributed by atoms with E-state index < -0.39 is 5.97 Å². The average molecular weight is 195 g/mol. The first-order valence-electron chi connectivity index (χ1n) is 4.43. The van der Waals surface area contributed by atoms with Gasteiger partial charge in [-0.2, -0.15) is 0 Å². The SMILES string of the molecule is CCn1c(C(C)=O)cc(C(=O)O)c1C. The van der Waals surface area contributed by atoms with Crippen LogP contribution in [0.2, 0.25) is 0 Å². The van der Waals surface area contributed by atoms with Crippen LogP contribution in [0.5, 0.6) is 0 Å². The van der Waals surface area contributed by atoms with Gasteiger partial charge in [0.05, 0.1) is 11.3 Å². The third-order valence-electron chi connectivity index (χ3n) is 2.27. The lowest BCUT2D eigenvalue weighted by Gasteiger charge is -2.05. The molecule has 0 amide bonds. The average Bonchev–Trinajstić information content (AvgIpc) is 2.42. The Hall–Kier alpha value is -1.58. The van der Waals surface area contributed by atoms with Crippen LogP contribution in [0.15, 0.2) is 6.07 Å². The number of carboxylic acid groups (broad SMARTS) is 1. The van der Waals surface area contributed by atoms with Gasteiger partial charge in [-0.15, -0.1) is 0 Å². The van der Waals surface area contributed by atoms with Gasteiger partial charge in [0.2, 0.25) is 0 Å². The fraction of sp³-hybridized carbons (Fsp3) is 0.400. The summed E-state index contributed by atoms with van der Waals surface area (Å²) in [4.78, 5) is 22.0. The molecule has 0 fully saturated rings. The van der Waals surface area contributed by atoms with E-state index in [1.54, 1.807) is 11.5 Å². The van der Waals surface area contributed by atoms with Crippen molar-refractivity contribution in [1.29, 1.82) is 0 Å². The molecule has 0 unspecified atom stereocenters. The van der Waals surface area contributed by atoms with Crippen LogP contribution in [0.3, 0.4) is 0 Å². The lowest BCUT2D eigenvalue weighted by atomic mass is 10.2. The minimum atomic E-state index is -0.989. The van der Waals surface area contributed by atoms with E-state index in [9.17, 15) is 9.59 Å². The number of carbonyl (C=O) groups is 2. The molecule has 0 aliphatic carbocycles. The maximum Gasteiger partial charge on any atom is 0.337 e. The Morgan fingerprint density at radius 1 is 1.50 bits per heavy atom. The molecule has 0 aliphatic heterocycles. The zero-order valence-electron chi connectivity index (χ0n) is 8.50. The highest BCUT2D eigenvalue weighted by Crippen LogP contribution is 2.16. The molecule has 0 atom stereocenters. The smallest absolute Gasteiger partial charge is 0.337 e. The van der Waals surface area contributed by atoms with Gasteiger partial charge in [-0.25, -0.2) is 4.79 Å². The Balaban J connectivity index is 3.39. The van der Waals surface area contributed by atoms with Crippen LogP contribution in [0.25, 0.3) is 0 Å². The molecule has 4 heteroatoms. The Morgan fingerprint density at radius 3 is 2.36 bits per heavy atom. The van der Waals surface area contributed by atoms with Gasteiger partial charge in [-0.1, -0.05) is 0 Å². The molecule has 4 nitrogen and oxygen atoms in total. The normalized spacial score (nSPS) is 10.2. The van der Waals surface area contributed by atoms with Crippen LogP contribution in [0.4, 0.5) is 0 Å². The van der Waals surface area contributed by atoms with Crippen molar-refractivity contribution < 1.29 is 14.7 Å². The van der Waals surface area contributed by atoms with Crippen LogP contribution in [-0.4, -0.2) is 21.4 Å². The van der Waals surface area contributed by atoms with E-state index in [-0.39, 0.29) is 11.3 Å². The first kappa shape index (κ1) is 10.5. The van der Waals surface area contributed by atoms with Gasteiger partial charge in [-0.3, -0.25) is 4.79 Å². The second kappa shape index (κ2) is 3.65. The van der Waals surface area contributed by atoms with Crippen molar-refractivity contribution in [3.05, 3.63) is 23.0 Å². The fourth-order valence-corrected chi connectivity index (χ4v) is 1.56. The number of ketones is 1. The molecule has 76 valence electrons. The number of carboxylic acids is 1. The van der Waals surface area contributed by atoms with Crippen molar-refractivity contribution in [1.82, 2.24) is 4.57 Å². The van der Waals surface area contributed by atoms with Gasteiger partial charge in [0.15, 0.2) is 5.78 Å². The summed E-state index contributed by atoms with van der Waals surface area (Å²) < 4.78 is 1.71. The zero-order chi connectivity index (χ0) is 10.9. The molecule has 1 rings (SSSR count). The summed E-state index contributed by atoms with van der Waals surface area (Å²) in [5.41, 5.74) is 1.30.